The van der Waals surface area contributed by atoms with E-state index in [1.54, 1.807) is 0 Å². The van der Waals surface area contributed by atoms with E-state index in [0.717, 1.165) is 31.8 Å². The fourth-order valence-electron chi connectivity index (χ4n) is 3.81. The largest absolute Gasteiger partial charge is 0.353 e. The van der Waals surface area contributed by atoms with Crippen LogP contribution in [0.1, 0.15) is 44.1 Å². The number of amides is 1. The fraction of sp³-hybridized carbons (Fsp3) is 0.750. The van der Waals surface area contributed by atoms with E-state index < -0.39 is 0 Å². The molecular weight excluding hydrogens is 300 g/mol. The predicted molar refractivity (Wildman–Crippen MR) is 89.1 cm³/mol. The third kappa shape index (κ3) is 3.82. The number of nitrogens with one attached hydrogen (secondary N) is 2. The Bertz CT molecular complexity index is 504. The summed E-state index contributed by atoms with van der Waals surface area (Å²) in [4.78, 5) is 12.6. The van der Waals surface area contributed by atoms with Gasteiger partial charge in [-0.05, 0) is 24.3 Å². The lowest BCUT2D eigenvalue weighted by Gasteiger charge is -2.29. The second-order valence-electron chi connectivity index (χ2n) is 6.80. The van der Waals surface area contributed by atoms with Gasteiger partial charge in [-0.15, -0.1) is 12.4 Å². The summed E-state index contributed by atoms with van der Waals surface area (Å²) >= 11 is 0. The van der Waals surface area contributed by atoms with Crippen LogP contribution < -0.4 is 10.6 Å². The molecule has 6 heteroatoms. The molecule has 1 aromatic rings. The summed E-state index contributed by atoms with van der Waals surface area (Å²) in [5.41, 5.74) is 1.17. The third-order valence-electron chi connectivity index (χ3n) is 4.99. The predicted octanol–water partition coefficient (Wildman–Crippen LogP) is 1.84. The molecule has 0 aromatic carbocycles. The second-order valence-corrected chi connectivity index (χ2v) is 6.80. The average Bonchev–Trinajstić information content (AvgIpc) is 3.06. The van der Waals surface area contributed by atoms with Gasteiger partial charge in [-0.1, -0.05) is 19.8 Å². The van der Waals surface area contributed by atoms with Crippen LogP contribution in [0.5, 0.6) is 0 Å². The molecule has 0 radical (unpaired) electrons. The average molecular weight is 327 g/mol. The highest BCUT2D eigenvalue weighted by Gasteiger charge is 2.35. The molecular formula is C16H27ClN4O. The number of carbonyl (C=O) groups excluding carboxylic acids is 1. The molecule has 2 fully saturated rings. The van der Waals surface area contributed by atoms with E-state index in [4.69, 9.17) is 0 Å². The molecule has 4 atom stereocenters. The van der Waals surface area contributed by atoms with Crippen molar-refractivity contribution in [3.05, 3.63) is 18.0 Å². The first-order valence-corrected chi connectivity index (χ1v) is 8.13. The van der Waals surface area contributed by atoms with Gasteiger partial charge >= 0.3 is 0 Å². The SMILES string of the molecule is CC1CCCC(NC(=O)[C@H]2CNC[C@@H]2c2cnn(C)c2)C1.Cl. The lowest BCUT2D eigenvalue weighted by molar-refractivity contribution is -0.125. The monoisotopic (exact) mass is 326 g/mol. The number of aromatic nitrogens is 2. The zero-order chi connectivity index (χ0) is 14.8. The normalized spacial score (nSPS) is 31.5. The van der Waals surface area contributed by atoms with E-state index >= 15 is 0 Å². The topological polar surface area (TPSA) is 59.0 Å². The highest BCUT2D eigenvalue weighted by molar-refractivity contribution is 5.85. The zero-order valence-corrected chi connectivity index (χ0v) is 14.2. The first kappa shape index (κ1) is 17.3. The molecule has 3 rings (SSSR count). The Morgan fingerprint density at radius 1 is 1.41 bits per heavy atom. The Balaban J connectivity index is 0.00000176. The fourth-order valence-corrected chi connectivity index (χ4v) is 3.81. The Kier molecular flexibility index (Phi) is 5.87. The molecule has 124 valence electrons. The van der Waals surface area contributed by atoms with Crippen LogP contribution in [0.4, 0.5) is 0 Å². The maximum absolute atomic E-state index is 12.6. The van der Waals surface area contributed by atoms with E-state index in [-0.39, 0.29) is 30.2 Å². The standard InChI is InChI=1S/C16H26N4O.ClH/c1-11-4-3-5-13(6-11)19-16(21)15-9-17-8-14(15)12-7-18-20(2)10-12;/h7,10-11,13-15,17H,3-6,8-9H2,1-2H3,(H,19,21);1H/t11?,13?,14-,15+;/m1./s1. The summed E-state index contributed by atoms with van der Waals surface area (Å²) in [6.45, 7) is 3.92. The van der Waals surface area contributed by atoms with Gasteiger partial charge in [0.1, 0.15) is 0 Å². The minimum absolute atomic E-state index is 0. The molecule has 1 saturated heterocycles. The van der Waals surface area contributed by atoms with Gasteiger partial charge in [0, 0.05) is 38.3 Å². The number of hydrogen-bond donors (Lipinski definition) is 2. The molecule has 0 spiro atoms. The van der Waals surface area contributed by atoms with Crippen LogP contribution in [-0.4, -0.2) is 34.8 Å². The van der Waals surface area contributed by atoms with Crippen molar-refractivity contribution < 1.29 is 4.79 Å². The van der Waals surface area contributed by atoms with E-state index in [1.807, 2.05) is 24.1 Å². The highest BCUT2D eigenvalue weighted by atomic mass is 35.5. The van der Waals surface area contributed by atoms with Gasteiger partial charge in [-0.25, -0.2) is 0 Å². The zero-order valence-electron chi connectivity index (χ0n) is 13.4. The molecule has 1 aliphatic carbocycles. The maximum atomic E-state index is 12.6. The van der Waals surface area contributed by atoms with Gasteiger partial charge in [0.25, 0.3) is 0 Å². The van der Waals surface area contributed by atoms with Crippen LogP contribution in [0, 0.1) is 11.8 Å². The molecule has 0 bridgehead atoms. The van der Waals surface area contributed by atoms with Gasteiger partial charge in [0.15, 0.2) is 0 Å². The molecule has 2 N–H and O–H groups in total. The first-order chi connectivity index (χ1) is 10.1. The van der Waals surface area contributed by atoms with Crippen molar-refractivity contribution in [1.29, 1.82) is 0 Å². The quantitative estimate of drug-likeness (QED) is 0.891. The molecule has 1 saturated carbocycles. The number of halogens is 1. The highest BCUT2D eigenvalue weighted by Crippen LogP contribution is 2.29. The van der Waals surface area contributed by atoms with Crippen LogP contribution in [0.3, 0.4) is 0 Å². The number of aryl methyl sites for hydroxylation is 1. The summed E-state index contributed by atoms with van der Waals surface area (Å²) in [6.07, 6.45) is 8.72. The van der Waals surface area contributed by atoms with Crippen LogP contribution >= 0.6 is 12.4 Å². The van der Waals surface area contributed by atoms with Crippen molar-refractivity contribution in [3.63, 3.8) is 0 Å². The van der Waals surface area contributed by atoms with Crippen molar-refractivity contribution >= 4 is 18.3 Å². The number of carbonyl (C=O) groups is 1. The van der Waals surface area contributed by atoms with Crippen molar-refractivity contribution in [3.8, 4) is 0 Å². The van der Waals surface area contributed by atoms with Crippen LogP contribution in [0.2, 0.25) is 0 Å². The first-order valence-electron chi connectivity index (χ1n) is 8.13. The summed E-state index contributed by atoms with van der Waals surface area (Å²) in [6, 6.07) is 0.372. The van der Waals surface area contributed by atoms with Crippen molar-refractivity contribution in [1.82, 2.24) is 20.4 Å². The summed E-state index contributed by atoms with van der Waals surface area (Å²) in [5, 5.41) is 10.9. The van der Waals surface area contributed by atoms with Gasteiger partial charge in [-0.2, -0.15) is 5.10 Å². The summed E-state index contributed by atoms with van der Waals surface area (Å²) in [5.74, 6) is 1.24. The Labute approximate surface area is 138 Å². The van der Waals surface area contributed by atoms with Gasteiger partial charge in [-0.3, -0.25) is 9.48 Å². The number of hydrogen-bond acceptors (Lipinski definition) is 3. The summed E-state index contributed by atoms with van der Waals surface area (Å²) < 4.78 is 1.81. The number of rotatable bonds is 3. The molecule has 2 aliphatic rings. The van der Waals surface area contributed by atoms with E-state index in [1.165, 1.54) is 18.4 Å². The van der Waals surface area contributed by atoms with Crippen LogP contribution in [0.15, 0.2) is 12.4 Å². The smallest absolute Gasteiger partial charge is 0.225 e. The Morgan fingerprint density at radius 3 is 2.91 bits per heavy atom. The van der Waals surface area contributed by atoms with Gasteiger partial charge in [0.05, 0.1) is 12.1 Å². The Hall–Kier alpha value is -1.07. The molecule has 22 heavy (non-hydrogen) atoms. The molecule has 1 aromatic heterocycles. The summed E-state index contributed by atoms with van der Waals surface area (Å²) in [7, 11) is 1.92. The minimum atomic E-state index is 0. The number of nitrogens with zero attached hydrogens (tertiary/aromatic N) is 2. The lowest BCUT2D eigenvalue weighted by atomic mass is 9.85. The third-order valence-corrected chi connectivity index (χ3v) is 4.99. The van der Waals surface area contributed by atoms with Gasteiger partial charge in [0.2, 0.25) is 5.91 Å². The molecule has 1 aliphatic heterocycles. The minimum Gasteiger partial charge on any atom is -0.353 e. The van der Waals surface area contributed by atoms with Crippen LogP contribution in [0.25, 0.3) is 0 Å². The van der Waals surface area contributed by atoms with Crippen molar-refractivity contribution in [2.24, 2.45) is 18.9 Å². The molecule has 2 unspecified atom stereocenters. The maximum Gasteiger partial charge on any atom is 0.225 e. The second kappa shape index (κ2) is 7.47. The van der Waals surface area contributed by atoms with Gasteiger partial charge < -0.3 is 10.6 Å². The van der Waals surface area contributed by atoms with Crippen molar-refractivity contribution in [2.75, 3.05) is 13.1 Å². The molecule has 1 amide bonds. The van der Waals surface area contributed by atoms with Crippen LogP contribution in [-0.2, 0) is 11.8 Å². The van der Waals surface area contributed by atoms with Crippen molar-refractivity contribution in [2.45, 2.75) is 44.6 Å². The van der Waals surface area contributed by atoms with E-state index in [2.05, 4.69) is 22.7 Å². The van der Waals surface area contributed by atoms with E-state index in [9.17, 15) is 4.79 Å². The van der Waals surface area contributed by atoms with E-state index in [0.29, 0.717) is 6.04 Å². The Morgan fingerprint density at radius 2 is 2.23 bits per heavy atom. The molecule has 5 nitrogen and oxygen atoms in total. The lowest BCUT2D eigenvalue weighted by Crippen LogP contribution is -2.42. The molecule has 2 heterocycles.